The van der Waals surface area contributed by atoms with Gasteiger partial charge in [0.15, 0.2) is 0 Å². The molecule has 0 radical (unpaired) electrons. The van der Waals surface area contributed by atoms with Gasteiger partial charge in [0, 0.05) is 12.1 Å². The minimum Gasteiger partial charge on any atom is -0.308 e. The molecule has 70 valence electrons. The molecule has 1 nitrogen and oxygen atoms in total. The van der Waals surface area contributed by atoms with E-state index in [1.807, 2.05) is 0 Å². The van der Waals surface area contributed by atoms with Crippen molar-refractivity contribution in [2.24, 2.45) is 5.92 Å². The normalized spacial score (nSPS) is 23.5. The van der Waals surface area contributed by atoms with Gasteiger partial charge in [0.1, 0.15) is 0 Å². The lowest BCUT2D eigenvalue weighted by atomic mass is 9.85. The Kier molecular flexibility index (Phi) is 2.62. The average Bonchev–Trinajstić information content (AvgIpc) is 1.83. The summed E-state index contributed by atoms with van der Waals surface area (Å²) in [4.78, 5) is 0. The van der Waals surface area contributed by atoms with Crippen LogP contribution in [0.2, 0.25) is 0 Å². The zero-order valence-electron chi connectivity index (χ0n) is 8.99. The molecule has 0 aromatic rings. The topological polar surface area (TPSA) is 12.0 Å². The second-order valence-corrected chi connectivity index (χ2v) is 4.87. The summed E-state index contributed by atoms with van der Waals surface area (Å²) in [6, 6.07) is 0. The summed E-state index contributed by atoms with van der Waals surface area (Å²) in [6.45, 7) is 12.5. The Morgan fingerprint density at radius 1 is 1.33 bits per heavy atom. The van der Waals surface area contributed by atoms with Gasteiger partial charge in [0.25, 0.3) is 0 Å². The van der Waals surface area contributed by atoms with E-state index in [9.17, 15) is 0 Å². The van der Waals surface area contributed by atoms with E-state index in [4.69, 9.17) is 0 Å². The highest BCUT2D eigenvalue weighted by Crippen LogP contribution is 2.26. The first-order chi connectivity index (χ1) is 5.42. The molecule has 12 heavy (non-hydrogen) atoms. The maximum absolute atomic E-state index is 3.56. The van der Waals surface area contributed by atoms with Gasteiger partial charge < -0.3 is 5.32 Å². The van der Waals surface area contributed by atoms with Gasteiger partial charge in [-0.15, -0.1) is 0 Å². The number of rotatable bonds is 1. The van der Waals surface area contributed by atoms with Crippen LogP contribution in [0, 0.1) is 5.92 Å². The van der Waals surface area contributed by atoms with Crippen molar-refractivity contribution in [3.63, 3.8) is 0 Å². The van der Waals surface area contributed by atoms with Gasteiger partial charge in [-0.1, -0.05) is 25.0 Å². The fourth-order valence-electron chi connectivity index (χ4n) is 2.02. The van der Waals surface area contributed by atoms with Crippen molar-refractivity contribution in [1.82, 2.24) is 5.32 Å². The maximum atomic E-state index is 3.56. The molecule has 0 fully saturated rings. The fourth-order valence-corrected chi connectivity index (χ4v) is 2.02. The molecule has 0 aromatic carbocycles. The molecule has 0 aliphatic carbocycles. The lowest BCUT2D eigenvalue weighted by Crippen LogP contribution is -2.44. The molecule has 1 aliphatic heterocycles. The number of hydrogen-bond donors (Lipinski definition) is 1. The largest absolute Gasteiger partial charge is 0.308 e. The SMILES string of the molecule is CC1=C(C(C)C)CNC(C)(C)C1. The van der Waals surface area contributed by atoms with Gasteiger partial charge in [0.2, 0.25) is 0 Å². The summed E-state index contributed by atoms with van der Waals surface area (Å²) in [7, 11) is 0. The molecule has 0 spiro atoms. The van der Waals surface area contributed by atoms with E-state index in [1.165, 1.54) is 6.42 Å². The van der Waals surface area contributed by atoms with Gasteiger partial charge in [-0.25, -0.2) is 0 Å². The van der Waals surface area contributed by atoms with Crippen LogP contribution in [0.1, 0.15) is 41.0 Å². The van der Waals surface area contributed by atoms with E-state index < -0.39 is 0 Å². The van der Waals surface area contributed by atoms with Crippen LogP contribution < -0.4 is 5.32 Å². The zero-order chi connectivity index (χ0) is 9.35. The molecule has 1 N–H and O–H groups in total. The van der Waals surface area contributed by atoms with E-state index in [0.717, 1.165) is 6.54 Å². The maximum Gasteiger partial charge on any atom is 0.0174 e. The Labute approximate surface area is 76.2 Å². The molecule has 1 heteroatoms. The third kappa shape index (κ3) is 2.10. The van der Waals surface area contributed by atoms with E-state index in [1.54, 1.807) is 11.1 Å². The van der Waals surface area contributed by atoms with Crippen molar-refractivity contribution in [2.45, 2.75) is 46.6 Å². The van der Waals surface area contributed by atoms with E-state index in [2.05, 4.69) is 39.9 Å². The summed E-state index contributed by atoms with van der Waals surface area (Å²) < 4.78 is 0. The van der Waals surface area contributed by atoms with Crippen molar-refractivity contribution in [3.8, 4) is 0 Å². The molecule has 0 atom stereocenters. The first-order valence-corrected chi connectivity index (χ1v) is 4.86. The Morgan fingerprint density at radius 3 is 2.33 bits per heavy atom. The van der Waals surface area contributed by atoms with Gasteiger partial charge in [-0.05, 0) is 33.1 Å². The molecule has 1 heterocycles. The van der Waals surface area contributed by atoms with Crippen LogP contribution in [-0.4, -0.2) is 12.1 Å². The van der Waals surface area contributed by atoms with Crippen molar-refractivity contribution in [3.05, 3.63) is 11.1 Å². The quantitative estimate of drug-likeness (QED) is 0.592. The second-order valence-electron chi connectivity index (χ2n) is 4.87. The molecule has 0 saturated heterocycles. The third-order valence-electron chi connectivity index (χ3n) is 2.71. The van der Waals surface area contributed by atoms with Gasteiger partial charge in [-0.2, -0.15) is 0 Å². The second kappa shape index (κ2) is 3.21. The van der Waals surface area contributed by atoms with Gasteiger partial charge in [-0.3, -0.25) is 0 Å². The van der Waals surface area contributed by atoms with E-state index >= 15 is 0 Å². The van der Waals surface area contributed by atoms with Crippen LogP contribution in [0.15, 0.2) is 11.1 Å². The van der Waals surface area contributed by atoms with Crippen molar-refractivity contribution in [1.29, 1.82) is 0 Å². The summed E-state index contributed by atoms with van der Waals surface area (Å²) in [6.07, 6.45) is 1.19. The van der Waals surface area contributed by atoms with Crippen LogP contribution in [0.3, 0.4) is 0 Å². The number of nitrogens with one attached hydrogen (secondary N) is 1. The molecule has 1 aliphatic rings. The lowest BCUT2D eigenvalue weighted by molar-refractivity contribution is 0.369. The van der Waals surface area contributed by atoms with Crippen LogP contribution in [0.5, 0.6) is 0 Å². The molecular weight excluding hydrogens is 146 g/mol. The molecular formula is C11H21N. The first-order valence-electron chi connectivity index (χ1n) is 4.86. The number of hydrogen-bond acceptors (Lipinski definition) is 1. The highest BCUT2D eigenvalue weighted by molar-refractivity contribution is 5.22. The van der Waals surface area contributed by atoms with Crippen LogP contribution >= 0.6 is 0 Å². The van der Waals surface area contributed by atoms with E-state index in [0.29, 0.717) is 11.5 Å². The summed E-state index contributed by atoms with van der Waals surface area (Å²) in [5, 5.41) is 3.56. The van der Waals surface area contributed by atoms with Crippen molar-refractivity contribution in [2.75, 3.05) is 6.54 Å². The Bertz CT molecular complexity index is 199. The predicted molar refractivity (Wildman–Crippen MR) is 54.2 cm³/mol. The molecule has 0 amide bonds. The highest BCUT2D eigenvalue weighted by Gasteiger charge is 2.24. The summed E-state index contributed by atoms with van der Waals surface area (Å²) >= 11 is 0. The van der Waals surface area contributed by atoms with Gasteiger partial charge >= 0.3 is 0 Å². The van der Waals surface area contributed by atoms with Crippen molar-refractivity contribution < 1.29 is 0 Å². The minimum atomic E-state index is 0.308. The van der Waals surface area contributed by atoms with Crippen LogP contribution in [0.25, 0.3) is 0 Å². The van der Waals surface area contributed by atoms with Crippen LogP contribution in [0.4, 0.5) is 0 Å². The predicted octanol–water partition coefficient (Wildman–Crippen LogP) is 2.73. The molecule has 0 saturated carbocycles. The standard InChI is InChI=1S/C11H21N/c1-8(2)10-7-12-11(4,5)6-9(10)3/h8,12H,6-7H2,1-5H3. The fraction of sp³-hybridized carbons (Fsp3) is 0.818. The Morgan fingerprint density at radius 2 is 1.92 bits per heavy atom. The third-order valence-corrected chi connectivity index (χ3v) is 2.71. The zero-order valence-corrected chi connectivity index (χ0v) is 8.99. The highest BCUT2D eigenvalue weighted by atomic mass is 15.0. The first kappa shape index (κ1) is 9.79. The Balaban J connectivity index is 2.78. The monoisotopic (exact) mass is 167 g/mol. The lowest BCUT2D eigenvalue weighted by Gasteiger charge is -2.35. The Hall–Kier alpha value is -0.300. The summed E-state index contributed by atoms with van der Waals surface area (Å²) in [5.41, 5.74) is 3.51. The smallest absolute Gasteiger partial charge is 0.0174 e. The average molecular weight is 167 g/mol. The molecule has 0 unspecified atom stereocenters. The molecule has 0 aromatic heterocycles. The molecule has 0 bridgehead atoms. The van der Waals surface area contributed by atoms with Crippen molar-refractivity contribution >= 4 is 0 Å². The summed E-state index contributed by atoms with van der Waals surface area (Å²) in [5.74, 6) is 0.702. The molecule has 1 rings (SSSR count). The van der Waals surface area contributed by atoms with Gasteiger partial charge in [0.05, 0.1) is 0 Å². The van der Waals surface area contributed by atoms with Crippen LogP contribution in [-0.2, 0) is 0 Å². The minimum absolute atomic E-state index is 0.308. The van der Waals surface area contributed by atoms with E-state index in [-0.39, 0.29) is 0 Å².